The summed E-state index contributed by atoms with van der Waals surface area (Å²) < 4.78 is 0. The Hall–Kier alpha value is -0.270. The van der Waals surface area contributed by atoms with Crippen molar-refractivity contribution in [1.82, 2.24) is 0 Å². The summed E-state index contributed by atoms with van der Waals surface area (Å²) >= 11 is 0. The van der Waals surface area contributed by atoms with Gasteiger partial charge < -0.3 is 0 Å². The molecule has 0 aliphatic heterocycles. The maximum absolute atomic E-state index is 3.80. The maximum atomic E-state index is 3.80. The molecule has 0 radical (unpaired) electrons. The van der Waals surface area contributed by atoms with Gasteiger partial charge in [0.1, 0.15) is 0 Å². The third-order valence-electron chi connectivity index (χ3n) is 6.58. The molecule has 0 aromatic rings. The number of rotatable bonds is 23. The number of allylic oxidation sites excluding steroid dienone is 9. The molecule has 0 spiro atoms. The van der Waals surface area contributed by atoms with Gasteiger partial charge in [-0.3, -0.25) is 0 Å². The minimum absolute atomic E-state index is 0.962. The molecule has 0 aromatic carbocycles. The molecule has 38 heavy (non-hydrogen) atoms. The van der Waals surface area contributed by atoms with Crippen molar-refractivity contribution in [3.05, 3.63) is 74.4 Å². The first-order chi connectivity index (χ1) is 18.6. The SMILES string of the molecule is C=CCCCC(PC)C(CCC=CC)PC.C=CCCCC=CC.C=CCCCCC(CCC=CC)PC. The summed E-state index contributed by atoms with van der Waals surface area (Å²) in [6.45, 7) is 24.6. The Morgan fingerprint density at radius 1 is 0.474 bits per heavy atom. The average molecular weight is 581 g/mol. The van der Waals surface area contributed by atoms with Crippen LogP contribution < -0.4 is 0 Å². The molecule has 0 heterocycles. The summed E-state index contributed by atoms with van der Waals surface area (Å²) in [7, 11) is 3.33. The second-order valence-corrected chi connectivity index (χ2v) is 13.7. The van der Waals surface area contributed by atoms with Crippen LogP contribution in [-0.2, 0) is 0 Å². The molecule has 0 saturated carbocycles. The van der Waals surface area contributed by atoms with E-state index in [4.69, 9.17) is 0 Å². The summed E-state index contributed by atoms with van der Waals surface area (Å²) in [6, 6.07) is 0. The van der Waals surface area contributed by atoms with Crippen LogP contribution >= 0.6 is 25.7 Å². The van der Waals surface area contributed by atoms with Gasteiger partial charge in [-0.2, -0.15) is 0 Å². The van der Waals surface area contributed by atoms with Gasteiger partial charge in [0.2, 0.25) is 0 Å². The molecule has 0 nitrogen and oxygen atoms in total. The normalized spacial score (nSPS) is 14.4. The van der Waals surface area contributed by atoms with Gasteiger partial charge in [0, 0.05) is 0 Å². The van der Waals surface area contributed by atoms with Crippen molar-refractivity contribution in [2.45, 2.75) is 128 Å². The van der Waals surface area contributed by atoms with E-state index in [0.29, 0.717) is 0 Å². The Morgan fingerprint density at radius 3 is 1.45 bits per heavy atom. The van der Waals surface area contributed by atoms with Crippen molar-refractivity contribution in [3.8, 4) is 0 Å². The van der Waals surface area contributed by atoms with Crippen LogP contribution in [-0.4, -0.2) is 37.0 Å². The lowest BCUT2D eigenvalue weighted by Crippen LogP contribution is -2.17. The molecule has 3 heteroatoms. The highest BCUT2D eigenvalue weighted by molar-refractivity contribution is 7.42. The predicted molar refractivity (Wildman–Crippen MR) is 194 cm³/mol. The third-order valence-corrected chi connectivity index (χ3v) is 11.2. The van der Waals surface area contributed by atoms with E-state index in [1.54, 1.807) is 0 Å². The smallest absolute Gasteiger partial charge is 0.0171 e. The fourth-order valence-electron chi connectivity index (χ4n) is 4.14. The summed E-state index contributed by atoms with van der Waals surface area (Å²) in [5.41, 5.74) is 2.90. The van der Waals surface area contributed by atoms with Gasteiger partial charge in [0.15, 0.2) is 0 Å². The van der Waals surface area contributed by atoms with E-state index in [0.717, 1.165) is 49.1 Å². The summed E-state index contributed by atoms with van der Waals surface area (Å²) in [5.74, 6) is 0. The zero-order chi connectivity index (χ0) is 29.1. The van der Waals surface area contributed by atoms with E-state index in [-0.39, 0.29) is 0 Å². The van der Waals surface area contributed by atoms with E-state index < -0.39 is 0 Å². The molecule has 6 unspecified atom stereocenters. The summed E-state index contributed by atoms with van der Waals surface area (Å²) in [4.78, 5) is 0. The first-order valence-electron chi connectivity index (χ1n) is 15.2. The highest BCUT2D eigenvalue weighted by Crippen LogP contribution is 2.35. The maximum Gasteiger partial charge on any atom is -0.0171 e. The number of hydrogen-bond donors (Lipinski definition) is 0. The molecule has 0 aliphatic rings. The van der Waals surface area contributed by atoms with Crippen LogP contribution in [0.25, 0.3) is 0 Å². The van der Waals surface area contributed by atoms with Gasteiger partial charge in [0.05, 0.1) is 0 Å². The van der Waals surface area contributed by atoms with Crippen LogP contribution in [0, 0.1) is 0 Å². The third kappa shape index (κ3) is 33.8. The summed E-state index contributed by atoms with van der Waals surface area (Å²) in [6.07, 6.45) is 37.4. The quantitative estimate of drug-likeness (QED) is 0.0640. The van der Waals surface area contributed by atoms with Gasteiger partial charge in [0.25, 0.3) is 0 Å². The van der Waals surface area contributed by atoms with Gasteiger partial charge in [-0.25, -0.2) is 0 Å². The van der Waals surface area contributed by atoms with Gasteiger partial charge in [-0.15, -0.1) is 45.5 Å². The molecule has 0 N–H and O–H groups in total. The lowest BCUT2D eigenvalue weighted by atomic mass is 10.1. The first-order valence-corrected chi connectivity index (χ1v) is 20.0. The molecule has 0 fully saturated rings. The van der Waals surface area contributed by atoms with Crippen LogP contribution in [0.2, 0.25) is 0 Å². The second kappa shape index (κ2) is 38.9. The minimum Gasteiger partial charge on any atom is -0.122 e. The fraction of sp³-hybridized carbons (Fsp3) is 0.657. The highest BCUT2D eigenvalue weighted by atomic mass is 31.1. The van der Waals surface area contributed by atoms with Crippen molar-refractivity contribution in [1.29, 1.82) is 0 Å². The van der Waals surface area contributed by atoms with Crippen LogP contribution in [0.4, 0.5) is 0 Å². The van der Waals surface area contributed by atoms with Crippen molar-refractivity contribution in [3.63, 3.8) is 0 Å². The van der Waals surface area contributed by atoms with Crippen LogP contribution in [0.5, 0.6) is 0 Å². The molecule has 0 amide bonds. The van der Waals surface area contributed by atoms with Crippen LogP contribution in [0.1, 0.15) is 111 Å². The Bertz CT molecular complexity index is 562. The molecule has 0 aliphatic carbocycles. The Balaban J connectivity index is -0.000000510. The second-order valence-electron chi connectivity index (χ2n) is 9.65. The Kier molecular flexibility index (Phi) is 43.2. The molecule has 6 atom stereocenters. The molecule has 0 bridgehead atoms. The Morgan fingerprint density at radius 2 is 0.947 bits per heavy atom. The lowest BCUT2D eigenvalue weighted by Gasteiger charge is -2.24. The van der Waals surface area contributed by atoms with Crippen molar-refractivity contribution in [2.24, 2.45) is 0 Å². The molecule has 0 rings (SSSR count). The zero-order valence-electron chi connectivity index (χ0n) is 26.4. The minimum atomic E-state index is 0.962. The van der Waals surface area contributed by atoms with E-state index in [9.17, 15) is 0 Å². The van der Waals surface area contributed by atoms with Crippen molar-refractivity contribution in [2.75, 3.05) is 20.0 Å². The van der Waals surface area contributed by atoms with E-state index in [2.05, 4.69) is 96.1 Å². The zero-order valence-corrected chi connectivity index (χ0v) is 29.4. The average Bonchev–Trinajstić information content (AvgIpc) is 2.94. The topological polar surface area (TPSA) is 0 Å². The van der Waals surface area contributed by atoms with Gasteiger partial charge in [-0.05, 0) is 141 Å². The van der Waals surface area contributed by atoms with Crippen LogP contribution in [0.15, 0.2) is 74.4 Å². The van der Waals surface area contributed by atoms with E-state index in [1.807, 2.05) is 19.1 Å². The standard InChI is InChI=1S/C14H28P2.C13H25P.C8H14/c1-5-7-9-11-13(15-3)14(16-4)12-10-8-6-2;1-4-6-8-10-12-13(14-3)11-9-7-5-2;1-3-5-7-8-6-4-2/h5-6,8,13-16H,1,7,9-12H2,2-4H3;4-5,7,13-14H,1,6,8-12H2,2-3H3;3-4,6H,1,5,7-8H2,2H3. The van der Waals surface area contributed by atoms with Crippen LogP contribution in [0.3, 0.4) is 0 Å². The van der Waals surface area contributed by atoms with E-state index >= 15 is 0 Å². The highest BCUT2D eigenvalue weighted by Gasteiger charge is 2.17. The van der Waals surface area contributed by atoms with Gasteiger partial charge >= 0.3 is 0 Å². The summed E-state index contributed by atoms with van der Waals surface area (Å²) in [5, 5.41) is 0. The Labute approximate surface area is 247 Å². The molecular weight excluding hydrogens is 513 g/mol. The molecular formula is C35H67P3. The van der Waals surface area contributed by atoms with Crippen molar-refractivity contribution >= 4 is 25.7 Å². The number of hydrogen-bond acceptors (Lipinski definition) is 0. The first kappa shape index (κ1) is 42.2. The fourth-order valence-corrected chi connectivity index (χ4v) is 8.18. The van der Waals surface area contributed by atoms with E-state index in [1.165, 1.54) is 83.5 Å². The molecule has 0 aromatic heterocycles. The molecule has 222 valence electrons. The van der Waals surface area contributed by atoms with Crippen molar-refractivity contribution < 1.29 is 0 Å². The monoisotopic (exact) mass is 580 g/mol. The number of unbranched alkanes of at least 4 members (excludes halogenated alkanes) is 5. The molecule has 0 saturated heterocycles. The largest absolute Gasteiger partial charge is 0.122 e. The predicted octanol–water partition coefficient (Wildman–Crippen LogP) is 12.7. The van der Waals surface area contributed by atoms with Gasteiger partial charge in [-0.1, -0.05) is 61.1 Å². The lowest BCUT2D eigenvalue weighted by molar-refractivity contribution is 0.632.